The molecule has 1 aliphatic carbocycles. The van der Waals surface area contributed by atoms with Gasteiger partial charge in [0.2, 0.25) is 0 Å². The second kappa shape index (κ2) is 6.50. The topological polar surface area (TPSA) is 15.3 Å². The maximum Gasteiger partial charge on any atom is 0.0473 e. The van der Waals surface area contributed by atoms with Crippen molar-refractivity contribution in [2.75, 3.05) is 31.6 Å². The van der Waals surface area contributed by atoms with Crippen molar-refractivity contribution in [2.24, 2.45) is 0 Å². The van der Waals surface area contributed by atoms with Gasteiger partial charge >= 0.3 is 0 Å². The van der Waals surface area contributed by atoms with Crippen LogP contribution in [0.5, 0.6) is 0 Å². The Morgan fingerprint density at radius 2 is 2.00 bits per heavy atom. The monoisotopic (exact) mass is 290 g/mol. The van der Waals surface area contributed by atoms with Gasteiger partial charge in [-0.2, -0.15) is 11.8 Å². The van der Waals surface area contributed by atoms with Crippen LogP contribution in [-0.2, 0) is 0 Å². The van der Waals surface area contributed by atoms with Crippen LogP contribution in [0.3, 0.4) is 0 Å². The fraction of sp³-hybridized carbons (Fsp3) is 0.647. The maximum absolute atomic E-state index is 3.90. The average Bonchev–Trinajstić information content (AvgIpc) is 2.94. The van der Waals surface area contributed by atoms with Gasteiger partial charge in [-0.1, -0.05) is 43.2 Å². The lowest BCUT2D eigenvalue weighted by atomic mass is 9.90. The molecule has 3 heteroatoms. The summed E-state index contributed by atoms with van der Waals surface area (Å²) in [5, 5.41) is 3.90. The molecular weight excluding hydrogens is 264 g/mol. The summed E-state index contributed by atoms with van der Waals surface area (Å²) in [6.07, 6.45) is 7.75. The normalized spacial score (nSPS) is 26.1. The van der Waals surface area contributed by atoms with Gasteiger partial charge in [-0.25, -0.2) is 0 Å². The van der Waals surface area contributed by atoms with Gasteiger partial charge in [0.15, 0.2) is 0 Å². The van der Waals surface area contributed by atoms with E-state index in [1.165, 1.54) is 50.1 Å². The molecule has 0 aromatic heterocycles. The number of rotatable bonds is 4. The Labute approximate surface area is 127 Å². The summed E-state index contributed by atoms with van der Waals surface area (Å²) >= 11 is 1.96. The molecule has 20 heavy (non-hydrogen) atoms. The van der Waals surface area contributed by atoms with E-state index in [2.05, 4.69) is 46.8 Å². The van der Waals surface area contributed by atoms with Crippen LogP contribution >= 0.6 is 11.8 Å². The minimum absolute atomic E-state index is 0.420. The quantitative estimate of drug-likeness (QED) is 0.916. The summed E-state index contributed by atoms with van der Waals surface area (Å²) in [5.74, 6) is 1.24. The zero-order valence-electron chi connectivity index (χ0n) is 12.5. The molecule has 2 nitrogen and oxygen atoms in total. The average molecular weight is 290 g/mol. The molecule has 1 spiro atoms. The first-order valence-corrected chi connectivity index (χ1v) is 9.25. The molecule has 110 valence electrons. The Morgan fingerprint density at radius 1 is 1.25 bits per heavy atom. The lowest BCUT2D eigenvalue weighted by Gasteiger charge is -2.46. The molecule has 2 aliphatic rings. The predicted octanol–water partition coefficient (Wildman–Crippen LogP) is 3.31. The smallest absolute Gasteiger partial charge is 0.0473 e. The maximum atomic E-state index is 3.90. The summed E-state index contributed by atoms with van der Waals surface area (Å²) < 4.78 is 0. The molecule has 1 atom stereocenters. The van der Waals surface area contributed by atoms with Gasteiger partial charge in [0.1, 0.15) is 0 Å². The number of benzene rings is 1. The summed E-state index contributed by atoms with van der Waals surface area (Å²) in [6, 6.07) is 11.6. The molecule has 1 heterocycles. The van der Waals surface area contributed by atoms with Gasteiger partial charge < -0.3 is 5.32 Å². The van der Waals surface area contributed by atoms with Crippen LogP contribution in [0.25, 0.3) is 0 Å². The molecule has 0 radical (unpaired) electrons. The van der Waals surface area contributed by atoms with Gasteiger partial charge in [-0.05, 0) is 24.7 Å². The zero-order valence-corrected chi connectivity index (χ0v) is 13.3. The number of piperazine rings is 1. The molecule has 1 unspecified atom stereocenters. The van der Waals surface area contributed by atoms with Gasteiger partial charge in [-0.3, -0.25) is 4.90 Å². The summed E-state index contributed by atoms with van der Waals surface area (Å²) in [7, 11) is 0. The van der Waals surface area contributed by atoms with Crippen molar-refractivity contribution < 1.29 is 0 Å². The Bertz CT molecular complexity index is 414. The van der Waals surface area contributed by atoms with Crippen molar-refractivity contribution in [3.8, 4) is 0 Å². The van der Waals surface area contributed by atoms with E-state index in [0.717, 1.165) is 6.54 Å². The summed E-state index contributed by atoms with van der Waals surface area (Å²) in [4.78, 5) is 2.73. The van der Waals surface area contributed by atoms with Crippen molar-refractivity contribution in [2.45, 2.75) is 37.3 Å². The Balaban J connectivity index is 1.76. The van der Waals surface area contributed by atoms with E-state index in [0.29, 0.717) is 11.6 Å². The predicted molar refractivity (Wildman–Crippen MR) is 88.3 cm³/mol. The first kappa shape index (κ1) is 14.4. The first-order valence-electron chi connectivity index (χ1n) is 7.86. The molecule has 1 aliphatic heterocycles. The highest BCUT2D eigenvalue weighted by Gasteiger charge is 2.41. The fourth-order valence-corrected chi connectivity index (χ4v) is 4.25. The largest absolute Gasteiger partial charge is 0.308 e. The minimum atomic E-state index is 0.420. The van der Waals surface area contributed by atoms with Crippen LogP contribution in [0, 0.1) is 0 Å². The zero-order chi connectivity index (χ0) is 13.8. The number of hydrogen-bond donors (Lipinski definition) is 1. The number of nitrogens with zero attached hydrogens (tertiary/aromatic N) is 1. The van der Waals surface area contributed by atoms with Crippen molar-refractivity contribution in [1.82, 2.24) is 10.2 Å². The second-order valence-corrected chi connectivity index (χ2v) is 7.24. The molecule has 0 bridgehead atoms. The van der Waals surface area contributed by atoms with Crippen molar-refractivity contribution in [3.05, 3.63) is 35.9 Å². The third kappa shape index (κ3) is 3.05. The van der Waals surface area contributed by atoms with Gasteiger partial charge in [0.25, 0.3) is 0 Å². The fourth-order valence-electron chi connectivity index (χ4n) is 3.83. The number of thioether (sulfide) groups is 1. The molecule has 1 aromatic carbocycles. The van der Waals surface area contributed by atoms with E-state index >= 15 is 0 Å². The van der Waals surface area contributed by atoms with Crippen molar-refractivity contribution in [3.63, 3.8) is 0 Å². The molecule has 1 saturated heterocycles. The highest BCUT2D eigenvalue weighted by molar-refractivity contribution is 7.98. The third-order valence-electron chi connectivity index (χ3n) is 4.94. The molecule has 0 amide bonds. The molecule has 1 saturated carbocycles. The van der Waals surface area contributed by atoms with E-state index < -0.39 is 0 Å². The second-order valence-electron chi connectivity index (χ2n) is 6.26. The Morgan fingerprint density at radius 3 is 2.70 bits per heavy atom. The van der Waals surface area contributed by atoms with Gasteiger partial charge in [-0.15, -0.1) is 0 Å². The molecule has 2 fully saturated rings. The van der Waals surface area contributed by atoms with E-state index in [1.54, 1.807) is 0 Å². The van der Waals surface area contributed by atoms with Gasteiger partial charge in [0.05, 0.1) is 0 Å². The van der Waals surface area contributed by atoms with Crippen LogP contribution in [-0.4, -0.2) is 42.1 Å². The lowest BCUT2D eigenvalue weighted by molar-refractivity contribution is 0.0864. The Kier molecular flexibility index (Phi) is 4.69. The Hall–Kier alpha value is -0.510. The number of nitrogens with one attached hydrogen (secondary N) is 1. The first-order chi connectivity index (χ1) is 9.83. The molecule has 3 rings (SSSR count). The highest BCUT2D eigenvalue weighted by atomic mass is 32.2. The standard InChI is InChI=1S/C17H26N2S/c1-20-12-11-19-14-17(9-5-6-10-17)18-13-16(19)15-7-3-2-4-8-15/h2-4,7-8,16,18H,5-6,9-14H2,1H3. The van der Waals surface area contributed by atoms with Crippen LogP contribution in [0.2, 0.25) is 0 Å². The molecule has 1 N–H and O–H groups in total. The van der Waals surface area contributed by atoms with Crippen LogP contribution in [0.1, 0.15) is 37.3 Å². The van der Waals surface area contributed by atoms with E-state index in [1.807, 2.05) is 11.8 Å². The molecular formula is C17H26N2S. The minimum Gasteiger partial charge on any atom is -0.308 e. The van der Waals surface area contributed by atoms with Crippen LogP contribution in [0.4, 0.5) is 0 Å². The van der Waals surface area contributed by atoms with E-state index in [9.17, 15) is 0 Å². The SMILES string of the molecule is CSCCN1CC2(CCCC2)NCC1c1ccccc1. The highest BCUT2D eigenvalue weighted by Crippen LogP contribution is 2.36. The summed E-state index contributed by atoms with van der Waals surface area (Å²) in [6.45, 7) is 3.55. The van der Waals surface area contributed by atoms with Gasteiger partial charge in [0, 0.05) is 37.0 Å². The number of hydrogen-bond acceptors (Lipinski definition) is 3. The van der Waals surface area contributed by atoms with Crippen molar-refractivity contribution in [1.29, 1.82) is 0 Å². The van der Waals surface area contributed by atoms with E-state index in [-0.39, 0.29) is 0 Å². The van der Waals surface area contributed by atoms with Crippen LogP contribution in [0.15, 0.2) is 30.3 Å². The third-order valence-corrected chi connectivity index (χ3v) is 5.54. The van der Waals surface area contributed by atoms with E-state index in [4.69, 9.17) is 0 Å². The summed E-state index contributed by atoms with van der Waals surface area (Å²) in [5.41, 5.74) is 1.89. The lowest BCUT2D eigenvalue weighted by Crippen LogP contribution is -2.60. The molecule has 1 aromatic rings. The van der Waals surface area contributed by atoms with Crippen molar-refractivity contribution >= 4 is 11.8 Å². The van der Waals surface area contributed by atoms with Crippen LogP contribution < -0.4 is 5.32 Å².